The molecule has 0 fully saturated rings. The summed E-state index contributed by atoms with van der Waals surface area (Å²) < 4.78 is 35.5. The van der Waals surface area contributed by atoms with Gasteiger partial charge in [0.1, 0.15) is 11.3 Å². The maximum Gasteiger partial charge on any atom is 0.269 e. The van der Waals surface area contributed by atoms with E-state index in [9.17, 15) is 8.42 Å². The summed E-state index contributed by atoms with van der Waals surface area (Å²) in [5, 5.41) is 0.527. The van der Waals surface area contributed by atoms with Gasteiger partial charge in [-0.05, 0) is 24.0 Å². The van der Waals surface area contributed by atoms with Crippen molar-refractivity contribution in [1.82, 2.24) is 4.98 Å². The van der Waals surface area contributed by atoms with Crippen LogP contribution in [0.15, 0.2) is 27.8 Å². The molecule has 0 aliphatic rings. The van der Waals surface area contributed by atoms with Gasteiger partial charge in [-0.15, -0.1) is 0 Å². The number of benzene rings is 1. The van der Waals surface area contributed by atoms with Crippen LogP contribution in [0.2, 0.25) is 0 Å². The van der Waals surface area contributed by atoms with Crippen molar-refractivity contribution < 1.29 is 17.4 Å². The molecule has 0 saturated carbocycles. The average molecular weight is 259 g/mol. The first-order chi connectivity index (χ1) is 7.48. The molecule has 0 radical (unpaired) electrons. The van der Waals surface area contributed by atoms with Gasteiger partial charge in [0, 0.05) is 0 Å². The van der Waals surface area contributed by atoms with Gasteiger partial charge >= 0.3 is 0 Å². The van der Waals surface area contributed by atoms with Crippen molar-refractivity contribution >= 4 is 33.0 Å². The molecule has 7 heteroatoms. The summed E-state index contributed by atoms with van der Waals surface area (Å²) in [5.41, 5.74) is 1.67. The SMILES string of the molecule is CSc1nc2cc(CS(=O)(=O)O)ccc2o1. The molecule has 0 aliphatic carbocycles. The minimum Gasteiger partial charge on any atom is -0.431 e. The summed E-state index contributed by atoms with van der Waals surface area (Å²) in [7, 11) is -4.01. The molecule has 1 N–H and O–H groups in total. The molecule has 0 unspecified atom stereocenters. The molecular formula is C9H9NO4S2. The Hall–Kier alpha value is -1.05. The van der Waals surface area contributed by atoms with Crippen LogP contribution in [-0.4, -0.2) is 24.2 Å². The quantitative estimate of drug-likeness (QED) is 0.670. The molecule has 5 nitrogen and oxygen atoms in total. The van der Waals surface area contributed by atoms with E-state index >= 15 is 0 Å². The van der Waals surface area contributed by atoms with Crippen LogP contribution in [0.25, 0.3) is 11.1 Å². The maximum atomic E-state index is 10.7. The van der Waals surface area contributed by atoms with Gasteiger partial charge in [-0.25, -0.2) is 4.98 Å². The Morgan fingerprint density at radius 1 is 1.50 bits per heavy atom. The van der Waals surface area contributed by atoms with E-state index in [4.69, 9.17) is 8.97 Å². The van der Waals surface area contributed by atoms with Crippen molar-refractivity contribution in [3.8, 4) is 0 Å². The van der Waals surface area contributed by atoms with Crippen LogP contribution in [0.4, 0.5) is 0 Å². The zero-order chi connectivity index (χ0) is 11.8. The highest BCUT2D eigenvalue weighted by Gasteiger charge is 2.10. The monoisotopic (exact) mass is 259 g/mol. The van der Waals surface area contributed by atoms with Gasteiger partial charge in [-0.2, -0.15) is 8.42 Å². The van der Waals surface area contributed by atoms with E-state index in [2.05, 4.69) is 4.98 Å². The number of hydrogen-bond acceptors (Lipinski definition) is 5. The van der Waals surface area contributed by atoms with E-state index < -0.39 is 15.9 Å². The summed E-state index contributed by atoms with van der Waals surface area (Å²) in [6.45, 7) is 0. The van der Waals surface area contributed by atoms with Crippen molar-refractivity contribution in [2.24, 2.45) is 0 Å². The van der Waals surface area contributed by atoms with Crippen LogP contribution in [0.3, 0.4) is 0 Å². The van der Waals surface area contributed by atoms with Crippen molar-refractivity contribution in [3.63, 3.8) is 0 Å². The van der Waals surface area contributed by atoms with Gasteiger partial charge in [0.25, 0.3) is 15.3 Å². The van der Waals surface area contributed by atoms with E-state index in [1.165, 1.54) is 11.8 Å². The second-order valence-corrected chi connectivity index (χ2v) is 5.42. The molecule has 0 amide bonds. The Kier molecular flexibility index (Phi) is 2.92. The fourth-order valence-electron chi connectivity index (χ4n) is 1.34. The van der Waals surface area contributed by atoms with Crippen molar-refractivity contribution in [2.45, 2.75) is 11.0 Å². The number of aromatic nitrogens is 1. The predicted molar refractivity (Wildman–Crippen MR) is 61.0 cm³/mol. The molecule has 0 bridgehead atoms. The molecule has 2 rings (SSSR count). The molecule has 0 spiro atoms. The highest BCUT2D eigenvalue weighted by Crippen LogP contribution is 2.22. The molecule has 0 saturated heterocycles. The Balaban J connectivity index is 2.43. The van der Waals surface area contributed by atoms with Crippen molar-refractivity contribution in [3.05, 3.63) is 23.8 Å². The first kappa shape index (κ1) is 11.4. The number of rotatable bonds is 3. The average Bonchev–Trinajstić information content (AvgIpc) is 2.57. The zero-order valence-electron chi connectivity index (χ0n) is 8.37. The smallest absolute Gasteiger partial charge is 0.269 e. The number of hydrogen-bond donors (Lipinski definition) is 1. The van der Waals surface area contributed by atoms with Crippen LogP contribution in [0.5, 0.6) is 0 Å². The highest BCUT2D eigenvalue weighted by atomic mass is 32.2. The summed E-state index contributed by atoms with van der Waals surface area (Å²) in [4.78, 5) is 4.14. The summed E-state index contributed by atoms with van der Waals surface area (Å²) in [6, 6.07) is 4.82. The molecule has 0 aliphatic heterocycles. The van der Waals surface area contributed by atoms with Crippen LogP contribution in [0.1, 0.15) is 5.56 Å². The fraction of sp³-hybridized carbons (Fsp3) is 0.222. The summed E-state index contributed by atoms with van der Waals surface area (Å²) >= 11 is 1.37. The summed E-state index contributed by atoms with van der Waals surface area (Å²) in [6.07, 6.45) is 1.84. The van der Waals surface area contributed by atoms with Crippen molar-refractivity contribution in [2.75, 3.05) is 6.26 Å². The number of oxazole rings is 1. The van der Waals surface area contributed by atoms with Crippen LogP contribution in [-0.2, 0) is 15.9 Å². The lowest BCUT2D eigenvalue weighted by atomic mass is 10.2. The minimum absolute atomic E-state index is 0.412. The zero-order valence-corrected chi connectivity index (χ0v) is 10.0. The number of nitrogens with zero attached hydrogens (tertiary/aromatic N) is 1. The van der Waals surface area contributed by atoms with Crippen LogP contribution < -0.4 is 0 Å². The van der Waals surface area contributed by atoms with E-state index in [0.29, 0.717) is 21.9 Å². The van der Waals surface area contributed by atoms with Crippen LogP contribution >= 0.6 is 11.8 Å². The lowest BCUT2D eigenvalue weighted by Crippen LogP contribution is -2.01. The minimum atomic E-state index is -4.01. The first-order valence-electron chi connectivity index (χ1n) is 4.36. The second-order valence-electron chi connectivity index (χ2n) is 3.21. The Bertz CT molecular complexity index is 617. The Morgan fingerprint density at radius 2 is 2.25 bits per heavy atom. The maximum absolute atomic E-state index is 10.7. The van der Waals surface area contributed by atoms with Crippen molar-refractivity contribution in [1.29, 1.82) is 0 Å². The van der Waals surface area contributed by atoms with Gasteiger partial charge < -0.3 is 4.42 Å². The van der Waals surface area contributed by atoms with Gasteiger partial charge in [0.05, 0.1) is 0 Å². The third kappa shape index (κ3) is 2.55. The molecular weight excluding hydrogens is 250 g/mol. The van der Waals surface area contributed by atoms with Gasteiger partial charge in [0.2, 0.25) is 0 Å². The van der Waals surface area contributed by atoms with Gasteiger partial charge in [-0.1, -0.05) is 17.8 Å². The molecule has 16 heavy (non-hydrogen) atoms. The van der Waals surface area contributed by atoms with E-state index in [-0.39, 0.29) is 0 Å². The first-order valence-corrected chi connectivity index (χ1v) is 7.20. The number of fused-ring (bicyclic) bond motifs is 1. The largest absolute Gasteiger partial charge is 0.431 e. The molecule has 1 aromatic heterocycles. The molecule has 2 aromatic rings. The third-order valence-corrected chi connectivity index (χ3v) is 3.18. The Morgan fingerprint density at radius 3 is 2.88 bits per heavy atom. The predicted octanol–water partition coefficient (Wildman–Crippen LogP) is 1.94. The van der Waals surface area contributed by atoms with E-state index in [0.717, 1.165) is 0 Å². The molecule has 1 aromatic carbocycles. The van der Waals surface area contributed by atoms with Gasteiger partial charge in [-0.3, -0.25) is 4.55 Å². The van der Waals surface area contributed by atoms with Gasteiger partial charge in [0.15, 0.2) is 5.58 Å². The second kappa shape index (κ2) is 4.08. The highest BCUT2D eigenvalue weighted by molar-refractivity contribution is 7.98. The third-order valence-electron chi connectivity index (χ3n) is 1.96. The van der Waals surface area contributed by atoms with Crippen LogP contribution in [0, 0.1) is 0 Å². The summed E-state index contributed by atoms with van der Waals surface area (Å²) in [5.74, 6) is -0.412. The molecule has 0 atom stereocenters. The lowest BCUT2D eigenvalue weighted by Gasteiger charge is -1.96. The molecule has 86 valence electrons. The Labute approximate surface area is 96.6 Å². The standard InChI is InChI=1S/C9H9NO4S2/c1-15-9-10-7-4-6(5-16(11,12)13)2-3-8(7)14-9/h2-4H,5H2,1H3,(H,11,12,13). The molecule has 1 heterocycles. The lowest BCUT2D eigenvalue weighted by molar-refractivity contribution is 0.482. The van der Waals surface area contributed by atoms with E-state index in [1.807, 2.05) is 6.26 Å². The number of thioether (sulfide) groups is 1. The fourth-order valence-corrected chi connectivity index (χ4v) is 2.30. The topological polar surface area (TPSA) is 80.4 Å². The van der Waals surface area contributed by atoms with E-state index in [1.54, 1.807) is 18.2 Å². The normalized spacial score (nSPS) is 12.1.